The molecule has 1 aromatic rings. The third kappa shape index (κ3) is 6.30. The number of thioether (sulfide) groups is 1. The van der Waals surface area contributed by atoms with Gasteiger partial charge in [0.2, 0.25) is 5.91 Å². The van der Waals surface area contributed by atoms with E-state index in [0.29, 0.717) is 11.6 Å². The zero-order chi connectivity index (χ0) is 17.2. The summed E-state index contributed by atoms with van der Waals surface area (Å²) < 4.78 is 0. The summed E-state index contributed by atoms with van der Waals surface area (Å²) in [5.41, 5.74) is 1.86. The van der Waals surface area contributed by atoms with Crippen molar-refractivity contribution in [2.45, 2.75) is 76.3 Å². The summed E-state index contributed by atoms with van der Waals surface area (Å²) in [4.78, 5) is 31.2. The molecular formula is C18H29N3O2S. The molecular weight excluding hydrogens is 322 g/mol. The summed E-state index contributed by atoms with van der Waals surface area (Å²) in [5, 5.41) is 3.66. The highest BCUT2D eigenvalue weighted by Crippen LogP contribution is 2.19. The number of amides is 1. The second-order valence-electron chi connectivity index (χ2n) is 6.37. The van der Waals surface area contributed by atoms with Crippen LogP contribution < -0.4 is 10.9 Å². The second kappa shape index (κ2) is 10.5. The molecule has 0 spiro atoms. The van der Waals surface area contributed by atoms with Gasteiger partial charge in [-0.25, -0.2) is 4.98 Å². The number of aryl methyl sites for hydroxylation is 1. The summed E-state index contributed by atoms with van der Waals surface area (Å²) >= 11 is 1.54. The standard InChI is InChI=1S/C18H29N3O2S/c1-2-3-4-7-12-19-16(22)11-8-13-24-18-20-15-10-6-5-9-14(15)17(23)21-18/h2-13H2,1H3,(H,19,22)(H,20,21,23). The Morgan fingerprint density at radius 2 is 2.04 bits per heavy atom. The number of unbranched alkanes of at least 4 members (excludes halogenated alkanes) is 3. The van der Waals surface area contributed by atoms with Gasteiger partial charge in [0.1, 0.15) is 0 Å². The van der Waals surface area contributed by atoms with Crippen LogP contribution in [0.25, 0.3) is 0 Å². The van der Waals surface area contributed by atoms with E-state index in [-0.39, 0.29) is 11.5 Å². The van der Waals surface area contributed by atoms with Crippen molar-refractivity contribution in [1.82, 2.24) is 15.3 Å². The Morgan fingerprint density at radius 3 is 2.88 bits per heavy atom. The van der Waals surface area contributed by atoms with Crippen LogP contribution in [0.2, 0.25) is 0 Å². The predicted octanol–water partition coefficient (Wildman–Crippen LogP) is 3.22. The molecule has 1 aliphatic carbocycles. The molecule has 6 heteroatoms. The molecule has 134 valence electrons. The van der Waals surface area contributed by atoms with E-state index in [0.717, 1.165) is 62.1 Å². The number of fused-ring (bicyclic) bond motifs is 1. The smallest absolute Gasteiger partial charge is 0.254 e. The number of rotatable bonds is 10. The number of nitrogens with zero attached hydrogens (tertiary/aromatic N) is 1. The predicted molar refractivity (Wildman–Crippen MR) is 98.6 cm³/mol. The molecule has 1 aromatic heterocycles. The van der Waals surface area contributed by atoms with Crippen LogP contribution in [0, 0.1) is 0 Å². The van der Waals surface area contributed by atoms with Gasteiger partial charge in [-0.15, -0.1) is 0 Å². The maximum absolute atomic E-state index is 12.0. The van der Waals surface area contributed by atoms with E-state index in [4.69, 9.17) is 0 Å². The lowest BCUT2D eigenvalue weighted by Crippen LogP contribution is -2.24. The summed E-state index contributed by atoms with van der Waals surface area (Å²) in [6.45, 7) is 2.96. The second-order valence-corrected chi connectivity index (χ2v) is 7.45. The Kier molecular flexibility index (Phi) is 8.36. The maximum Gasteiger partial charge on any atom is 0.254 e. The Hall–Kier alpha value is -1.30. The van der Waals surface area contributed by atoms with Crippen LogP contribution in [0.1, 0.15) is 69.5 Å². The number of H-pyrrole nitrogens is 1. The fourth-order valence-electron chi connectivity index (χ4n) is 2.92. The SMILES string of the molecule is CCCCCCNC(=O)CCCSc1nc2c(c(=O)[nH]1)CCCC2. The Balaban J connectivity index is 1.65. The first kappa shape index (κ1) is 19.0. The van der Waals surface area contributed by atoms with E-state index in [1.54, 1.807) is 0 Å². The Labute approximate surface area is 148 Å². The monoisotopic (exact) mass is 351 g/mol. The van der Waals surface area contributed by atoms with Crippen molar-refractivity contribution in [2.75, 3.05) is 12.3 Å². The summed E-state index contributed by atoms with van der Waals surface area (Å²) in [6.07, 6.45) is 9.99. The first-order valence-corrected chi connectivity index (χ1v) is 10.2. The molecule has 0 aliphatic heterocycles. The molecule has 0 radical (unpaired) electrons. The molecule has 1 amide bonds. The zero-order valence-corrected chi connectivity index (χ0v) is 15.5. The molecule has 24 heavy (non-hydrogen) atoms. The van der Waals surface area contributed by atoms with Crippen LogP contribution >= 0.6 is 11.8 Å². The molecule has 0 atom stereocenters. The van der Waals surface area contributed by atoms with E-state index in [1.165, 1.54) is 31.0 Å². The number of hydrogen-bond donors (Lipinski definition) is 2. The van der Waals surface area contributed by atoms with Crippen LogP contribution in [0.4, 0.5) is 0 Å². The third-order valence-corrected chi connectivity index (χ3v) is 5.27. The summed E-state index contributed by atoms with van der Waals surface area (Å²) in [5.74, 6) is 0.921. The van der Waals surface area contributed by atoms with Gasteiger partial charge in [0.05, 0.1) is 5.69 Å². The molecule has 2 rings (SSSR count). The molecule has 0 bridgehead atoms. The van der Waals surface area contributed by atoms with E-state index in [2.05, 4.69) is 22.2 Å². The number of hydrogen-bond acceptors (Lipinski definition) is 4. The van der Waals surface area contributed by atoms with Crippen LogP contribution in [0.15, 0.2) is 9.95 Å². The molecule has 1 aliphatic rings. The number of aromatic nitrogens is 2. The largest absolute Gasteiger partial charge is 0.356 e. The molecule has 0 unspecified atom stereocenters. The van der Waals surface area contributed by atoms with E-state index in [9.17, 15) is 9.59 Å². The van der Waals surface area contributed by atoms with Crippen molar-refractivity contribution in [3.63, 3.8) is 0 Å². The first-order chi connectivity index (χ1) is 11.7. The molecule has 0 aromatic carbocycles. The van der Waals surface area contributed by atoms with Gasteiger partial charge >= 0.3 is 0 Å². The number of aromatic amines is 1. The number of nitrogens with one attached hydrogen (secondary N) is 2. The highest BCUT2D eigenvalue weighted by atomic mass is 32.2. The van der Waals surface area contributed by atoms with Crippen molar-refractivity contribution < 1.29 is 4.79 Å². The maximum atomic E-state index is 12.0. The van der Waals surface area contributed by atoms with Crippen molar-refractivity contribution in [3.05, 3.63) is 21.6 Å². The zero-order valence-electron chi connectivity index (χ0n) is 14.7. The van der Waals surface area contributed by atoms with Crippen LogP contribution in [0.5, 0.6) is 0 Å². The Morgan fingerprint density at radius 1 is 1.21 bits per heavy atom. The summed E-state index contributed by atoms with van der Waals surface area (Å²) in [7, 11) is 0. The van der Waals surface area contributed by atoms with E-state index in [1.807, 2.05) is 0 Å². The molecule has 0 saturated heterocycles. The minimum Gasteiger partial charge on any atom is -0.356 e. The minimum absolute atomic E-state index is 0.0204. The van der Waals surface area contributed by atoms with Gasteiger partial charge in [0, 0.05) is 24.3 Å². The topological polar surface area (TPSA) is 74.8 Å². The number of carbonyl (C=O) groups excluding carboxylic acids is 1. The third-order valence-electron chi connectivity index (χ3n) is 4.31. The number of carbonyl (C=O) groups is 1. The Bertz CT molecular complexity index is 586. The lowest BCUT2D eigenvalue weighted by atomic mass is 9.97. The molecule has 5 nitrogen and oxygen atoms in total. The first-order valence-electron chi connectivity index (χ1n) is 9.22. The normalized spacial score (nSPS) is 13.5. The average Bonchev–Trinajstić information content (AvgIpc) is 2.59. The van der Waals surface area contributed by atoms with Gasteiger partial charge in [-0.1, -0.05) is 37.9 Å². The quantitative estimate of drug-likeness (QED) is 0.385. The van der Waals surface area contributed by atoms with Crippen LogP contribution in [0.3, 0.4) is 0 Å². The van der Waals surface area contributed by atoms with Crippen LogP contribution in [-0.2, 0) is 17.6 Å². The van der Waals surface area contributed by atoms with Crippen molar-refractivity contribution in [1.29, 1.82) is 0 Å². The van der Waals surface area contributed by atoms with Crippen molar-refractivity contribution in [2.24, 2.45) is 0 Å². The average molecular weight is 352 g/mol. The van der Waals surface area contributed by atoms with Gasteiger partial charge in [-0.3, -0.25) is 9.59 Å². The highest BCUT2D eigenvalue weighted by molar-refractivity contribution is 7.99. The summed E-state index contributed by atoms with van der Waals surface area (Å²) in [6, 6.07) is 0. The van der Waals surface area contributed by atoms with Gasteiger partial charge in [0.15, 0.2) is 5.16 Å². The van der Waals surface area contributed by atoms with Crippen molar-refractivity contribution >= 4 is 17.7 Å². The lowest BCUT2D eigenvalue weighted by molar-refractivity contribution is -0.121. The highest BCUT2D eigenvalue weighted by Gasteiger charge is 2.15. The van der Waals surface area contributed by atoms with Gasteiger partial charge in [-0.2, -0.15) is 0 Å². The van der Waals surface area contributed by atoms with Crippen molar-refractivity contribution in [3.8, 4) is 0 Å². The molecule has 0 saturated carbocycles. The van der Waals surface area contributed by atoms with Gasteiger partial charge in [-0.05, 0) is 38.5 Å². The molecule has 1 heterocycles. The fourth-order valence-corrected chi connectivity index (χ4v) is 3.74. The van der Waals surface area contributed by atoms with Crippen LogP contribution in [-0.4, -0.2) is 28.2 Å². The van der Waals surface area contributed by atoms with E-state index < -0.39 is 0 Å². The van der Waals surface area contributed by atoms with E-state index >= 15 is 0 Å². The minimum atomic E-state index is 0.0204. The lowest BCUT2D eigenvalue weighted by Gasteiger charge is -2.14. The van der Waals surface area contributed by atoms with Gasteiger partial charge < -0.3 is 10.3 Å². The van der Waals surface area contributed by atoms with Gasteiger partial charge in [0.25, 0.3) is 5.56 Å². The molecule has 0 fully saturated rings. The molecule has 2 N–H and O–H groups in total. The fraction of sp³-hybridized carbons (Fsp3) is 0.722.